The van der Waals surface area contributed by atoms with Crippen LogP contribution in [-0.4, -0.2) is 9.30 Å². The summed E-state index contributed by atoms with van der Waals surface area (Å²) < 4.78 is 14.9. The van der Waals surface area contributed by atoms with Crippen LogP contribution >= 0.6 is 0 Å². The van der Waals surface area contributed by atoms with Gasteiger partial charge < -0.3 is 4.55 Å². The first kappa shape index (κ1) is 14.6. The number of rotatable bonds is 4. The number of hydrogen-bond acceptors (Lipinski definition) is 2. The van der Waals surface area contributed by atoms with Gasteiger partial charge in [-0.3, -0.25) is 0 Å². The second-order valence-electron chi connectivity index (χ2n) is 5.32. The lowest BCUT2D eigenvalue weighted by Gasteiger charge is -2.26. The molecule has 0 fully saturated rings. The molecule has 2 atom stereocenters. The highest BCUT2D eigenvalue weighted by molar-refractivity contribution is 7.90. The van der Waals surface area contributed by atoms with Crippen molar-refractivity contribution in [1.82, 2.24) is 4.72 Å². The summed E-state index contributed by atoms with van der Waals surface area (Å²) in [7, 11) is 0. The second-order valence-corrected chi connectivity index (χ2v) is 7.31. The highest BCUT2D eigenvalue weighted by atomic mass is 32.2. The van der Waals surface area contributed by atoms with E-state index in [0.29, 0.717) is 0 Å². The van der Waals surface area contributed by atoms with Gasteiger partial charge in [-0.15, -0.1) is 4.72 Å². The van der Waals surface area contributed by atoms with Gasteiger partial charge in [0.1, 0.15) is 4.75 Å². The third-order valence-electron chi connectivity index (χ3n) is 2.73. The Labute approximate surface area is 108 Å². The molecule has 1 N–H and O–H groups in total. The van der Waals surface area contributed by atoms with Gasteiger partial charge in [0, 0.05) is 11.4 Å². The third kappa shape index (κ3) is 4.34. The van der Waals surface area contributed by atoms with Crippen LogP contribution in [0.1, 0.15) is 51.8 Å². The summed E-state index contributed by atoms with van der Waals surface area (Å²) in [5.41, 5.74) is 2.51. The molecule has 1 unspecified atom stereocenters. The van der Waals surface area contributed by atoms with Crippen LogP contribution in [0.15, 0.2) is 24.3 Å². The minimum atomic E-state index is -1.03. The molecule has 2 nitrogen and oxygen atoms in total. The van der Waals surface area contributed by atoms with Crippen molar-refractivity contribution in [3.63, 3.8) is 0 Å². The molecule has 0 heterocycles. The van der Waals surface area contributed by atoms with Gasteiger partial charge in [-0.25, -0.2) is 0 Å². The lowest BCUT2D eigenvalue weighted by atomic mass is 10.1. The molecule has 0 amide bonds. The van der Waals surface area contributed by atoms with E-state index in [1.54, 1.807) is 0 Å². The zero-order chi connectivity index (χ0) is 13.1. The van der Waals surface area contributed by atoms with Crippen molar-refractivity contribution in [2.45, 2.75) is 51.8 Å². The Bertz CT molecular complexity index is 342. The number of nitrogens with one attached hydrogen (secondary N) is 1. The van der Waals surface area contributed by atoms with Crippen molar-refractivity contribution < 1.29 is 4.55 Å². The van der Waals surface area contributed by atoms with Gasteiger partial charge in [0.25, 0.3) is 0 Å². The second kappa shape index (κ2) is 5.89. The maximum atomic E-state index is 12.0. The fourth-order valence-corrected chi connectivity index (χ4v) is 2.26. The standard InChI is InChI=1S/C14H23NOS/c1-6-12-7-9-13(10-8-12)11(2)15-17(16)14(3,4)5/h7-11,15H,6H2,1-5H3/t11-,17?/m1/s1. The first-order chi connectivity index (χ1) is 7.84. The molecule has 3 heteroatoms. The topological polar surface area (TPSA) is 35.1 Å². The first-order valence-corrected chi connectivity index (χ1v) is 7.26. The predicted molar refractivity (Wildman–Crippen MR) is 75.3 cm³/mol. The molecule has 0 aliphatic rings. The fraction of sp³-hybridized carbons (Fsp3) is 0.571. The van der Waals surface area contributed by atoms with Crippen molar-refractivity contribution >= 4 is 11.4 Å². The fourth-order valence-electron chi connectivity index (χ4n) is 1.45. The Balaban J connectivity index is 2.66. The molecule has 0 radical (unpaired) electrons. The van der Waals surface area contributed by atoms with Gasteiger partial charge in [0.15, 0.2) is 0 Å². The Morgan fingerprint density at radius 1 is 1.24 bits per heavy atom. The van der Waals surface area contributed by atoms with E-state index in [-0.39, 0.29) is 10.8 Å². The largest absolute Gasteiger partial charge is 0.598 e. The van der Waals surface area contributed by atoms with E-state index in [1.165, 1.54) is 11.1 Å². The average molecular weight is 253 g/mol. The third-order valence-corrected chi connectivity index (χ3v) is 4.41. The number of aryl methyl sites for hydroxylation is 1. The quantitative estimate of drug-likeness (QED) is 0.835. The van der Waals surface area contributed by atoms with Crippen molar-refractivity contribution in [3.8, 4) is 0 Å². The van der Waals surface area contributed by atoms with E-state index in [9.17, 15) is 4.55 Å². The smallest absolute Gasteiger partial charge is 0.136 e. The van der Waals surface area contributed by atoms with Crippen molar-refractivity contribution in [3.05, 3.63) is 35.4 Å². The molecule has 96 valence electrons. The Morgan fingerprint density at radius 3 is 2.18 bits per heavy atom. The van der Waals surface area contributed by atoms with Crippen LogP contribution in [0, 0.1) is 0 Å². The van der Waals surface area contributed by atoms with Gasteiger partial charge in [-0.05, 0) is 45.2 Å². The monoisotopic (exact) mass is 253 g/mol. The molecule has 1 aromatic rings. The summed E-state index contributed by atoms with van der Waals surface area (Å²) in [5.74, 6) is 0. The van der Waals surface area contributed by atoms with Crippen LogP contribution in [0.25, 0.3) is 0 Å². The minimum Gasteiger partial charge on any atom is -0.598 e. The molecule has 0 aliphatic heterocycles. The van der Waals surface area contributed by atoms with Crippen LogP contribution in [0.5, 0.6) is 0 Å². The molecule has 17 heavy (non-hydrogen) atoms. The van der Waals surface area contributed by atoms with E-state index in [1.807, 2.05) is 27.7 Å². The SMILES string of the molecule is CCc1ccc([C@@H](C)N[S+]([O-])C(C)(C)C)cc1. The minimum absolute atomic E-state index is 0.112. The van der Waals surface area contributed by atoms with Crippen LogP contribution < -0.4 is 4.72 Å². The summed E-state index contributed by atoms with van der Waals surface area (Å²) in [6.07, 6.45) is 1.05. The molecule has 0 bridgehead atoms. The summed E-state index contributed by atoms with van der Waals surface area (Å²) in [6.45, 7) is 10.1. The molecular weight excluding hydrogens is 230 g/mol. The van der Waals surface area contributed by atoms with Crippen LogP contribution in [-0.2, 0) is 17.8 Å². The van der Waals surface area contributed by atoms with Gasteiger partial charge in [-0.2, -0.15) is 0 Å². The zero-order valence-electron chi connectivity index (χ0n) is 11.4. The van der Waals surface area contributed by atoms with E-state index < -0.39 is 11.4 Å². The maximum absolute atomic E-state index is 12.0. The molecule has 1 aromatic carbocycles. The van der Waals surface area contributed by atoms with Crippen molar-refractivity contribution in [1.29, 1.82) is 0 Å². The maximum Gasteiger partial charge on any atom is 0.136 e. The Hall–Kier alpha value is -0.510. The molecule has 0 aliphatic carbocycles. The summed E-state index contributed by atoms with van der Waals surface area (Å²) in [6, 6.07) is 8.59. The van der Waals surface area contributed by atoms with Crippen molar-refractivity contribution in [2.75, 3.05) is 0 Å². The summed E-state index contributed by atoms with van der Waals surface area (Å²) in [5, 5.41) is 0. The van der Waals surface area contributed by atoms with Gasteiger partial charge in [0.2, 0.25) is 0 Å². The zero-order valence-corrected chi connectivity index (χ0v) is 12.2. The van der Waals surface area contributed by atoms with E-state index >= 15 is 0 Å². The van der Waals surface area contributed by atoms with Crippen molar-refractivity contribution in [2.24, 2.45) is 0 Å². The predicted octanol–water partition coefficient (Wildman–Crippen LogP) is 3.36. The van der Waals surface area contributed by atoms with Crippen LogP contribution in [0.2, 0.25) is 0 Å². The lowest BCUT2D eigenvalue weighted by Crippen LogP contribution is -2.40. The first-order valence-electron chi connectivity index (χ1n) is 6.11. The molecule has 0 saturated heterocycles. The van der Waals surface area contributed by atoms with Crippen LogP contribution in [0.4, 0.5) is 0 Å². The highest BCUT2D eigenvalue weighted by Crippen LogP contribution is 2.20. The molecule has 0 spiro atoms. The molecule has 0 aromatic heterocycles. The van der Waals surface area contributed by atoms with E-state index in [0.717, 1.165) is 6.42 Å². The highest BCUT2D eigenvalue weighted by Gasteiger charge is 2.28. The lowest BCUT2D eigenvalue weighted by molar-refractivity contribution is 0.531. The van der Waals surface area contributed by atoms with Crippen LogP contribution in [0.3, 0.4) is 0 Å². The Kier molecular flexibility index (Phi) is 5.04. The summed E-state index contributed by atoms with van der Waals surface area (Å²) >= 11 is -1.03. The Morgan fingerprint density at radius 2 is 1.76 bits per heavy atom. The average Bonchev–Trinajstić information content (AvgIpc) is 2.27. The normalized spacial score (nSPS) is 15.6. The van der Waals surface area contributed by atoms with E-state index in [4.69, 9.17) is 0 Å². The van der Waals surface area contributed by atoms with E-state index in [2.05, 4.69) is 35.9 Å². The molecular formula is C14H23NOS. The number of benzene rings is 1. The van der Waals surface area contributed by atoms with Gasteiger partial charge in [0.05, 0.1) is 6.04 Å². The number of hydrogen-bond donors (Lipinski definition) is 1. The van der Waals surface area contributed by atoms with Gasteiger partial charge in [-0.1, -0.05) is 31.2 Å². The molecule has 0 saturated carbocycles. The van der Waals surface area contributed by atoms with Gasteiger partial charge >= 0.3 is 0 Å². The molecule has 1 rings (SSSR count). The summed E-state index contributed by atoms with van der Waals surface area (Å²) in [4.78, 5) is 0.